The lowest BCUT2D eigenvalue weighted by Gasteiger charge is -2.44. The molecule has 2 atom stereocenters. The fraction of sp³-hybridized carbons (Fsp3) is 0.600. The second-order valence-corrected chi connectivity index (χ2v) is 6.66. The van der Waals surface area contributed by atoms with Crippen LogP contribution in [0.25, 0.3) is 0 Å². The summed E-state index contributed by atoms with van der Waals surface area (Å²) in [6.45, 7) is 4.35. The van der Waals surface area contributed by atoms with Crippen LogP contribution in [0.2, 0.25) is 0 Å². The van der Waals surface area contributed by atoms with Gasteiger partial charge >= 0.3 is 0 Å². The molecule has 1 aromatic carbocycles. The molecule has 0 amide bonds. The second kappa shape index (κ2) is 4.95. The van der Waals surface area contributed by atoms with Gasteiger partial charge in [0.25, 0.3) is 0 Å². The first-order chi connectivity index (χ1) is 8.68. The van der Waals surface area contributed by atoms with E-state index in [4.69, 9.17) is 4.74 Å². The van der Waals surface area contributed by atoms with Gasteiger partial charge in [0.15, 0.2) is 0 Å². The topological polar surface area (TPSA) is 21.3 Å². The van der Waals surface area contributed by atoms with Crippen molar-refractivity contribution in [3.8, 4) is 0 Å². The van der Waals surface area contributed by atoms with Gasteiger partial charge in [0, 0.05) is 23.0 Å². The number of hydrogen-bond acceptors (Lipinski definition) is 2. The summed E-state index contributed by atoms with van der Waals surface area (Å²) in [6.07, 6.45) is 4.48. The zero-order valence-corrected chi connectivity index (χ0v) is 12.4. The number of benzene rings is 1. The largest absolute Gasteiger partial charge is 0.375 e. The summed E-state index contributed by atoms with van der Waals surface area (Å²) in [7, 11) is 0. The molecule has 2 aliphatic rings. The molecular formula is C15H20BrNO. The molecule has 2 nitrogen and oxygen atoms in total. The molecule has 2 aliphatic heterocycles. The van der Waals surface area contributed by atoms with Crippen molar-refractivity contribution in [2.45, 2.75) is 43.8 Å². The van der Waals surface area contributed by atoms with E-state index in [1.807, 2.05) is 0 Å². The molecule has 2 heterocycles. The number of hydrogen-bond donors (Lipinski definition) is 1. The summed E-state index contributed by atoms with van der Waals surface area (Å²) < 4.78 is 7.18. The first-order valence-electron chi connectivity index (χ1n) is 6.80. The van der Waals surface area contributed by atoms with Crippen molar-refractivity contribution in [3.05, 3.63) is 34.3 Å². The van der Waals surface area contributed by atoms with Crippen LogP contribution in [0, 0.1) is 0 Å². The van der Waals surface area contributed by atoms with Gasteiger partial charge in [-0.15, -0.1) is 0 Å². The first-order valence-corrected chi connectivity index (χ1v) is 7.59. The zero-order valence-electron chi connectivity index (χ0n) is 10.8. The van der Waals surface area contributed by atoms with Gasteiger partial charge in [-0.3, -0.25) is 0 Å². The maximum atomic E-state index is 6.00. The van der Waals surface area contributed by atoms with E-state index in [9.17, 15) is 0 Å². The molecule has 1 aromatic rings. The third-order valence-corrected chi connectivity index (χ3v) is 4.80. The third-order valence-electron chi connectivity index (χ3n) is 4.30. The van der Waals surface area contributed by atoms with Gasteiger partial charge in [-0.05, 0) is 43.9 Å². The molecule has 0 saturated carbocycles. The van der Waals surface area contributed by atoms with E-state index in [-0.39, 0.29) is 0 Å². The monoisotopic (exact) mass is 309 g/mol. The summed E-state index contributed by atoms with van der Waals surface area (Å²) >= 11 is 3.58. The van der Waals surface area contributed by atoms with Crippen molar-refractivity contribution in [1.29, 1.82) is 0 Å². The summed E-state index contributed by atoms with van der Waals surface area (Å²) in [4.78, 5) is 0. The van der Waals surface area contributed by atoms with E-state index < -0.39 is 0 Å². The standard InChI is InChI=1S/C15H20BrNO/c1-11-5-6-14(18-11)8-15(9-17-10-15)12-3-2-4-13(16)7-12/h2-4,7,11,14,17H,5-6,8-10H2,1H3. The molecule has 0 bridgehead atoms. The predicted molar refractivity (Wildman–Crippen MR) is 76.9 cm³/mol. The molecule has 2 unspecified atom stereocenters. The van der Waals surface area contributed by atoms with E-state index in [1.165, 1.54) is 22.9 Å². The highest BCUT2D eigenvalue weighted by Crippen LogP contribution is 2.38. The van der Waals surface area contributed by atoms with Crippen molar-refractivity contribution in [1.82, 2.24) is 5.32 Å². The molecule has 2 saturated heterocycles. The van der Waals surface area contributed by atoms with Gasteiger partial charge in [0.1, 0.15) is 0 Å². The Morgan fingerprint density at radius 1 is 1.39 bits per heavy atom. The van der Waals surface area contributed by atoms with Crippen LogP contribution in [0.3, 0.4) is 0 Å². The fourth-order valence-corrected chi connectivity index (χ4v) is 3.58. The quantitative estimate of drug-likeness (QED) is 0.925. The number of nitrogens with one attached hydrogen (secondary N) is 1. The average Bonchev–Trinajstić information content (AvgIpc) is 2.69. The molecule has 1 N–H and O–H groups in total. The van der Waals surface area contributed by atoms with E-state index in [1.54, 1.807) is 0 Å². The molecule has 0 radical (unpaired) electrons. The number of halogens is 1. The molecule has 0 aromatic heterocycles. The van der Waals surface area contributed by atoms with Crippen molar-refractivity contribution in [2.75, 3.05) is 13.1 Å². The Kier molecular flexibility index (Phi) is 3.48. The molecule has 0 aliphatic carbocycles. The summed E-state index contributed by atoms with van der Waals surface area (Å²) in [6, 6.07) is 8.75. The van der Waals surface area contributed by atoms with Crippen LogP contribution < -0.4 is 5.32 Å². The fourth-order valence-electron chi connectivity index (χ4n) is 3.18. The second-order valence-electron chi connectivity index (χ2n) is 5.74. The van der Waals surface area contributed by atoms with Crippen molar-refractivity contribution < 1.29 is 4.74 Å². The van der Waals surface area contributed by atoms with Crippen LogP contribution in [-0.4, -0.2) is 25.3 Å². The van der Waals surface area contributed by atoms with Gasteiger partial charge in [-0.25, -0.2) is 0 Å². The van der Waals surface area contributed by atoms with Crippen LogP contribution >= 0.6 is 15.9 Å². The molecule has 18 heavy (non-hydrogen) atoms. The molecular weight excluding hydrogens is 290 g/mol. The van der Waals surface area contributed by atoms with Gasteiger partial charge in [-0.2, -0.15) is 0 Å². The summed E-state index contributed by atoms with van der Waals surface area (Å²) in [5.74, 6) is 0. The van der Waals surface area contributed by atoms with Gasteiger partial charge < -0.3 is 10.1 Å². The highest BCUT2D eigenvalue weighted by Gasteiger charge is 2.42. The van der Waals surface area contributed by atoms with E-state index in [0.29, 0.717) is 17.6 Å². The van der Waals surface area contributed by atoms with E-state index in [2.05, 4.69) is 52.4 Å². The Bertz CT molecular complexity index is 430. The predicted octanol–water partition coefficient (Wildman–Crippen LogP) is 3.25. The Morgan fingerprint density at radius 2 is 2.22 bits per heavy atom. The molecule has 0 spiro atoms. The lowest BCUT2D eigenvalue weighted by Crippen LogP contribution is -2.58. The lowest BCUT2D eigenvalue weighted by molar-refractivity contribution is 0.0273. The van der Waals surface area contributed by atoms with Gasteiger partial charge in [-0.1, -0.05) is 28.1 Å². The van der Waals surface area contributed by atoms with Crippen LogP contribution in [0.1, 0.15) is 31.7 Å². The summed E-state index contributed by atoms with van der Waals surface area (Å²) in [5, 5.41) is 3.43. The van der Waals surface area contributed by atoms with Crippen molar-refractivity contribution in [2.24, 2.45) is 0 Å². The van der Waals surface area contributed by atoms with Crippen LogP contribution in [0.15, 0.2) is 28.7 Å². The molecule has 3 heteroatoms. The van der Waals surface area contributed by atoms with Gasteiger partial charge in [0.2, 0.25) is 0 Å². The molecule has 3 rings (SSSR count). The number of ether oxygens (including phenoxy) is 1. The van der Waals surface area contributed by atoms with Crippen molar-refractivity contribution in [3.63, 3.8) is 0 Å². The molecule has 98 valence electrons. The minimum atomic E-state index is 0.290. The highest BCUT2D eigenvalue weighted by atomic mass is 79.9. The highest BCUT2D eigenvalue weighted by molar-refractivity contribution is 9.10. The van der Waals surface area contributed by atoms with Crippen LogP contribution in [0.4, 0.5) is 0 Å². The Morgan fingerprint density at radius 3 is 2.78 bits per heavy atom. The lowest BCUT2D eigenvalue weighted by atomic mass is 9.71. The molecule has 2 fully saturated rings. The minimum Gasteiger partial charge on any atom is -0.375 e. The van der Waals surface area contributed by atoms with Crippen LogP contribution in [-0.2, 0) is 10.2 Å². The van der Waals surface area contributed by atoms with E-state index in [0.717, 1.165) is 19.5 Å². The third kappa shape index (κ3) is 2.36. The maximum absolute atomic E-state index is 6.00. The zero-order chi connectivity index (χ0) is 12.6. The Balaban J connectivity index is 1.78. The average molecular weight is 310 g/mol. The Labute approximate surface area is 117 Å². The SMILES string of the molecule is CC1CCC(CC2(c3cccc(Br)c3)CNC2)O1. The summed E-state index contributed by atoms with van der Waals surface area (Å²) in [5.41, 5.74) is 1.73. The minimum absolute atomic E-state index is 0.290. The van der Waals surface area contributed by atoms with Gasteiger partial charge in [0.05, 0.1) is 12.2 Å². The smallest absolute Gasteiger partial charge is 0.0589 e. The Hall–Kier alpha value is -0.380. The van der Waals surface area contributed by atoms with E-state index >= 15 is 0 Å². The maximum Gasteiger partial charge on any atom is 0.0589 e. The first kappa shape index (κ1) is 12.6. The van der Waals surface area contributed by atoms with Crippen molar-refractivity contribution >= 4 is 15.9 Å². The normalized spacial score (nSPS) is 30.1. The van der Waals surface area contributed by atoms with Crippen LogP contribution in [0.5, 0.6) is 0 Å². The number of rotatable bonds is 3.